The summed E-state index contributed by atoms with van der Waals surface area (Å²) >= 11 is 0. The lowest BCUT2D eigenvalue weighted by molar-refractivity contribution is -0.121. The van der Waals surface area contributed by atoms with Crippen LogP contribution in [0.15, 0.2) is 36.4 Å². The number of ether oxygens (including phenoxy) is 2. The number of carboxylic acids is 1. The topological polar surface area (TPSA) is 89.9 Å². The van der Waals surface area contributed by atoms with Gasteiger partial charge in [-0.2, -0.15) is 0 Å². The Morgan fingerprint density at radius 3 is 2.03 bits per heavy atom. The summed E-state index contributed by atoms with van der Waals surface area (Å²) in [6.07, 6.45) is 12.0. The maximum Gasteiger partial charge on any atom is 0.338 e. The van der Waals surface area contributed by atoms with E-state index in [4.69, 9.17) is 9.47 Å². The molecule has 2 rings (SSSR count). The van der Waals surface area contributed by atoms with Crippen molar-refractivity contribution in [2.75, 3.05) is 13.2 Å². The number of halogens is 1. The molecule has 0 aliphatic rings. The predicted octanol–water partition coefficient (Wildman–Crippen LogP) is 8.02. The highest BCUT2D eigenvalue weighted by molar-refractivity contribution is 5.92. The summed E-state index contributed by atoms with van der Waals surface area (Å²) in [6, 6.07) is 8.55. The lowest BCUT2D eigenvalue weighted by atomic mass is 9.99. The number of hydrogen-bond acceptors (Lipinski definition) is 5. The number of esters is 1. The van der Waals surface area contributed by atoms with Crippen LogP contribution in [-0.2, 0) is 9.53 Å². The maximum absolute atomic E-state index is 15.3. The van der Waals surface area contributed by atoms with Gasteiger partial charge in [-0.05, 0) is 42.7 Å². The van der Waals surface area contributed by atoms with Crippen LogP contribution in [0, 0.1) is 5.82 Å². The lowest BCUT2D eigenvalue weighted by Crippen LogP contribution is -2.12. The maximum atomic E-state index is 15.3. The van der Waals surface area contributed by atoms with Gasteiger partial charge in [0.05, 0.1) is 23.3 Å². The van der Waals surface area contributed by atoms with Crippen LogP contribution < -0.4 is 4.74 Å². The highest BCUT2D eigenvalue weighted by Gasteiger charge is 2.21. The molecule has 2 aromatic rings. The molecular weight excluding hydrogens is 487 g/mol. The van der Waals surface area contributed by atoms with Crippen LogP contribution in [0.4, 0.5) is 4.39 Å². The quantitative estimate of drug-likeness (QED) is 0.147. The van der Waals surface area contributed by atoms with Crippen LogP contribution in [0.5, 0.6) is 5.75 Å². The molecule has 0 aliphatic heterocycles. The molecule has 1 N–H and O–H groups in total. The number of carbonyl (C=O) groups excluding carboxylic acids is 2. The average Bonchev–Trinajstić information content (AvgIpc) is 2.91. The first-order chi connectivity index (χ1) is 18.4. The van der Waals surface area contributed by atoms with Crippen LogP contribution in [-0.4, -0.2) is 36.0 Å². The van der Waals surface area contributed by atoms with Gasteiger partial charge in [-0.3, -0.25) is 4.79 Å². The van der Waals surface area contributed by atoms with Gasteiger partial charge in [0.25, 0.3) is 0 Å². The molecule has 0 bridgehead atoms. The van der Waals surface area contributed by atoms with Gasteiger partial charge in [0.2, 0.25) is 0 Å². The average molecular weight is 529 g/mol. The molecular formula is C31H41FO6. The number of aromatic carboxylic acids is 1. The van der Waals surface area contributed by atoms with E-state index in [9.17, 15) is 19.5 Å². The van der Waals surface area contributed by atoms with Gasteiger partial charge in [-0.25, -0.2) is 14.0 Å². The van der Waals surface area contributed by atoms with Gasteiger partial charge in [0.1, 0.15) is 18.2 Å². The zero-order chi connectivity index (χ0) is 27.8. The third-order valence-electron chi connectivity index (χ3n) is 6.42. The molecule has 208 valence electrons. The molecule has 2 aromatic carbocycles. The number of Topliss-reactive ketones (excluding diaryl/α,β-unsaturated/α-hetero) is 1. The Labute approximate surface area is 225 Å². The summed E-state index contributed by atoms with van der Waals surface area (Å²) in [6.45, 7) is 4.40. The minimum Gasteiger partial charge on any atom is -0.485 e. The van der Waals surface area contributed by atoms with E-state index >= 15 is 4.39 Å². The van der Waals surface area contributed by atoms with E-state index in [1.807, 2.05) is 0 Å². The fraction of sp³-hybridized carbons (Fsp3) is 0.516. The Kier molecular flexibility index (Phi) is 14.1. The largest absolute Gasteiger partial charge is 0.485 e. The van der Waals surface area contributed by atoms with Gasteiger partial charge in [-0.15, -0.1) is 0 Å². The zero-order valence-electron chi connectivity index (χ0n) is 22.7. The SMILES string of the molecule is CCCCCCCCC(=O)COc1ccc(C(=O)O)c(F)c1-c1ccc(C(=O)OCCCCCCC)cc1. The molecule has 7 heteroatoms. The predicted molar refractivity (Wildman–Crippen MR) is 146 cm³/mol. The van der Waals surface area contributed by atoms with Gasteiger partial charge < -0.3 is 14.6 Å². The minimum absolute atomic E-state index is 0.0619. The highest BCUT2D eigenvalue weighted by atomic mass is 19.1. The summed E-state index contributed by atoms with van der Waals surface area (Å²) in [5.74, 6) is -2.86. The molecule has 38 heavy (non-hydrogen) atoms. The van der Waals surface area contributed by atoms with Crippen LogP contribution in [0.1, 0.15) is 112 Å². The van der Waals surface area contributed by atoms with Gasteiger partial charge in [0.15, 0.2) is 5.78 Å². The van der Waals surface area contributed by atoms with Crippen molar-refractivity contribution in [3.63, 3.8) is 0 Å². The molecule has 0 fully saturated rings. The molecule has 0 spiro atoms. The first-order valence-electron chi connectivity index (χ1n) is 13.9. The summed E-state index contributed by atoms with van der Waals surface area (Å²) in [5, 5.41) is 9.39. The molecule has 0 saturated heterocycles. The number of ketones is 1. The van der Waals surface area contributed by atoms with Crippen LogP contribution in [0.25, 0.3) is 11.1 Å². The fourth-order valence-corrected chi connectivity index (χ4v) is 4.17. The number of benzene rings is 2. The van der Waals surface area contributed by atoms with E-state index in [1.54, 1.807) is 0 Å². The van der Waals surface area contributed by atoms with Crippen molar-refractivity contribution < 1.29 is 33.4 Å². The summed E-state index contributed by atoms with van der Waals surface area (Å²) in [4.78, 5) is 36.2. The molecule has 0 radical (unpaired) electrons. The van der Waals surface area contributed by atoms with Crippen molar-refractivity contribution in [3.05, 3.63) is 53.3 Å². The summed E-state index contributed by atoms with van der Waals surface area (Å²) < 4.78 is 26.2. The zero-order valence-corrected chi connectivity index (χ0v) is 22.7. The Morgan fingerprint density at radius 1 is 0.789 bits per heavy atom. The van der Waals surface area contributed by atoms with Crippen molar-refractivity contribution in [2.24, 2.45) is 0 Å². The van der Waals surface area contributed by atoms with Crippen LogP contribution in [0.3, 0.4) is 0 Å². The van der Waals surface area contributed by atoms with Crippen molar-refractivity contribution in [1.29, 1.82) is 0 Å². The molecule has 0 atom stereocenters. The van der Waals surface area contributed by atoms with Gasteiger partial charge >= 0.3 is 11.9 Å². The summed E-state index contributed by atoms with van der Waals surface area (Å²) in [5.41, 5.74) is 0.0826. The number of rotatable bonds is 19. The smallest absolute Gasteiger partial charge is 0.338 e. The van der Waals surface area contributed by atoms with Crippen molar-refractivity contribution >= 4 is 17.7 Å². The van der Waals surface area contributed by atoms with E-state index in [1.165, 1.54) is 43.2 Å². The summed E-state index contributed by atoms with van der Waals surface area (Å²) in [7, 11) is 0. The second kappa shape index (κ2) is 17.3. The first kappa shape index (κ1) is 31.0. The standard InChI is InChI=1S/C31H41FO6/c1-3-5-7-9-10-12-14-25(33)22-38-27-20-19-26(30(34)35)29(32)28(27)23-15-17-24(18-16-23)31(36)37-21-13-11-8-6-4-2/h15-20H,3-14,21-22H2,1-2H3,(H,34,35). The molecule has 6 nitrogen and oxygen atoms in total. The monoisotopic (exact) mass is 528 g/mol. The Hall–Kier alpha value is -3.22. The first-order valence-corrected chi connectivity index (χ1v) is 13.9. The molecule has 0 saturated carbocycles. The van der Waals surface area contributed by atoms with Crippen LogP contribution >= 0.6 is 0 Å². The van der Waals surface area contributed by atoms with E-state index < -0.39 is 23.3 Å². The number of carbonyl (C=O) groups is 3. The Bertz CT molecular complexity index is 1030. The number of hydrogen-bond donors (Lipinski definition) is 1. The van der Waals surface area contributed by atoms with Crippen molar-refractivity contribution in [3.8, 4) is 16.9 Å². The fourth-order valence-electron chi connectivity index (χ4n) is 4.17. The van der Waals surface area contributed by atoms with E-state index in [0.717, 1.165) is 63.9 Å². The number of unbranched alkanes of at least 4 members (excludes halogenated alkanes) is 9. The van der Waals surface area contributed by atoms with E-state index in [2.05, 4.69) is 13.8 Å². The van der Waals surface area contributed by atoms with E-state index in [-0.39, 0.29) is 23.7 Å². The van der Waals surface area contributed by atoms with Gasteiger partial charge in [-0.1, -0.05) is 83.8 Å². The highest BCUT2D eigenvalue weighted by Crippen LogP contribution is 2.35. The third-order valence-corrected chi connectivity index (χ3v) is 6.42. The molecule has 0 aromatic heterocycles. The van der Waals surface area contributed by atoms with Crippen LogP contribution in [0.2, 0.25) is 0 Å². The van der Waals surface area contributed by atoms with Gasteiger partial charge in [0, 0.05) is 6.42 Å². The Morgan fingerprint density at radius 2 is 1.39 bits per heavy atom. The Balaban J connectivity index is 2.06. The molecule has 0 amide bonds. The van der Waals surface area contributed by atoms with Crippen molar-refractivity contribution in [1.82, 2.24) is 0 Å². The molecule has 0 unspecified atom stereocenters. The second-order valence-corrected chi connectivity index (χ2v) is 9.58. The van der Waals surface area contributed by atoms with Crippen molar-refractivity contribution in [2.45, 2.75) is 90.9 Å². The second-order valence-electron chi connectivity index (χ2n) is 9.58. The normalized spacial score (nSPS) is 10.8. The molecule has 0 aliphatic carbocycles. The van der Waals surface area contributed by atoms with E-state index in [0.29, 0.717) is 24.2 Å². The lowest BCUT2D eigenvalue weighted by Gasteiger charge is -2.14. The molecule has 0 heterocycles. The number of carboxylic acid groups (broad SMARTS) is 1. The third kappa shape index (κ3) is 10.3. The minimum atomic E-state index is -1.41.